The monoisotopic (exact) mass is 480 g/mol. The van der Waals surface area contributed by atoms with Crippen LogP contribution in [0.2, 0.25) is 0 Å². The molecule has 0 radical (unpaired) electrons. The third-order valence-corrected chi connectivity index (χ3v) is 4.67. The molecule has 0 heterocycles. The van der Waals surface area contributed by atoms with Gasteiger partial charge in [0, 0.05) is 18.4 Å². The van der Waals surface area contributed by atoms with E-state index in [2.05, 4.69) is 4.74 Å². The zero-order valence-corrected chi connectivity index (χ0v) is 17.5. The van der Waals surface area contributed by atoms with E-state index < -0.39 is 23.5 Å². The highest BCUT2D eigenvalue weighted by molar-refractivity contribution is 5.69. The van der Waals surface area contributed by atoms with Gasteiger partial charge in [-0.15, -0.1) is 0 Å². The first kappa shape index (κ1) is 26.3. The number of esters is 1. The summed E-state index contributed by atoms with van der Waals surface area (Å²) >= 11 is 0. The van der Waals surface area contributed by atoms with Crippen molar-refractivity contribution in [3.05, 3.63) is 59.7 Å². The smallest absolute Gasteiger partial charge is 0.430 e. The first-order chi connectivity index (χ1) is 15.4. The molecule has 0 spiro atoms. The highest BCUT2D eigenvalue weighted by Gasteiger charge is 2.71. The van der Waals surface area contributed by atoms with E-state index >= 15 is 0 Å². The number of carbonyl (C=O) groups is 1. The van der Waals surface area contributed by atoms with Gasteiger partial charge >= 0.3 is 18.3 Å². The molecule has 11 heteroatoms. The van der Waals surface area contributed by atoms with Crippen LogP contribution in [0.4, 0.5) is 26.3 Å². The molecule has 0 saturated carbocycles. The summed E-state index contributed by atoms with van der Waals surface area (Å²) in [6, 6.07) is 10.1. The van der Waals surface area contributed by atoms with Crippen LogP contribution in [-0.4, -0.2) is 43.8 Å². The van der Waals surface area contributed by atoms with Crippen LogP contribution in [0.1, 0.15) is 24.0 Å². The van der Waals surface area contributed by atoms with Crippen molar-refractivity contribution in [1.82, 2.24) is 0 Å². The molecule has 0 aliphatic rings. The van der Waals surface area contributed by atoms with Gasteiger partial charge in [0.1, 0.15) is 11.5 Å². The minimum atomic E-state index is -5.97. The molecule has 0 aliphatic carbocycles. The average molecular weight is 480 g/mol. The Kier molecular flexibility index (Phi) is 8.59. The van der Waals surface area contributed by atoms with Crippen molar-refractivity contribution in [1.29, 1.82) is 0 Å². The molecule has 5 nitrogen and oxygen atoms in total. The molecule has 0 unspecified atom stereocenters. The number of benzene rings is 2. The molecule has 2 aromatic carbocycles. The highest BCUT2D eigenvalue weighted by atomic mass is 19.4. The number of aryl methyl sites for hydroxylation is 1. The largest absolute Gasteiger partial charge is 0.493 e. The Labute approximate surface area is 185 Å². The molecule has 0 atom stereocenters. The van der Waals surface area contributed by atoms with Crippen LogP contribution in [0, 0.1) is 0 Å². The Hall–Kier alpha value is -2.95. The van der Waals surface area contributed by atoms with E-state index in [1.54, 1.807) is 24.3 Å². The Bertz CT molecular complexity index is 895. The summed E-state index contributed by atoms with van der Waals surface area (Å²) in [7, 11) is 1.31. The second-order valence-corrected chi connectivity index (χ2v) is 7.00. The number of ether oxygens (including phenoxy) is 3. The van der Waals surface area contributed by atoms with Crippen molar-refractivity contribution in [2.24, 2.45) is 0 Å². The minimum absolute atomic E-state index is 0.0445. The average Bonchev–Trinajstić information content (AvgIpc) is 2.76. The molecule has 0 bridgehead atoms. The van der Waals surface area contributed by atoms with Gasteiger partial charge < -0.3 is 19.3 Å². The molecular formula is C22H22F6O5. The van der Waals surface area contributed by atoms with Crippen molar-refractivity contribution in [2.45, 2.75) is 37.2 Å². The Morgan fingerprint density at radius 2 is 1.45 bits per heavy atom. The number of hydrogen-bond donors (Lipinski definition) is 1. The van der Waals surface area contributed by atoms with E-state index in [1.807, 2.05) is 0 Å². The Balaban J connectivity index is 1.86. The van der Waals surface area contributed by atoms with Gasteiger partial charge in [0.05, 0.1) is 20.3 Å². The lowest BCUT2D eigenvalue weighted by Gasteiger charge is -2.32. The molecule has 0 amide bonds. The van der Waals surface area contributed by atoms with Crippen LogP contribution in [0.15, 0.2) is 48.5 Å². The van der Waals surface area contributed by atoms with Gasteiger partial charge in [-0.3, -0.25) is 4.79 Å². The fourth-order valence-corrected chi connectivity index (χ4v) is 2.84. The Morgan fingerprint density at radius 3 is 2.00 bits per heavy atom. The van der Waals surface area contributed by atoms with E-state index in [9.17, 15) is 36.2 Å². The highest BCUT2D eigenvalue weighted by Crippen LogP contribution is 2.50. The number of hydrogen-bond acceptors (Lipinski definition) is 5. The summed E-state index contributed by atoms with van der Waals surface area (Å²) in [4.78, 5) is 11.1. The second kappa shape index (κ2) is 10.8. The number of alkyl halides is 6. The van der Waals surface area contributed by atoms with Gasteiger partial charge in [-0.25, -0.2) is 0 Å². The van der Waals surface area contributed by atoms with Crippen LogP contribution < -0.4 is 9.47 Å². The van der Waals surface area contributed by atoms with E-state index in [-0.39, 0.29) is 37.8 Å². The van der Waals surface area contributed by atoms with Gasteiger partial charge in [0.25, 0.3) is 5.60 Å². The zero-order valence-electron chi connectivity index (χ0n) is 17.5. The van der Waals surface area contributed by atoms with Gasteiger partial charge in [0.2, 0.25) is 0 Å². The summed E-state index contributed by atoms with van der Waals surface area (Å²) in [6.07, 6.45) is -10.9. The molecule has 0 aliphatic heterocycles. The topological polar surface area (TPSA) is 65.0 Å². The maximum atomic E-state index is 13.0. The number of halogens is 6. The lowest BCUT2D eigenvalue weighted by Crippen LogP contribution is -2.53. The summed E-state index contributed by atoms with van der Waals surface area (Å²) < 4.78 is 93.3. The summed E-state index contributed by atoms with van der Waals surface area (Å²) in [5, 5.41) is 9.46. The molecule has 2 rings (SSSR count). The lowest BCUT2D eigenvalue weighted by atomic mass is 9.92. The molecule has 2 aromatic rings. The molecule has 182 valence electrons. The second-order valence-electron chi connectivity index (χ2n) is 7.00. The van der Waals surface area contributed by atoms with Crippen LogP contribution >= 0.6 is 0 Å². The fraction of sp³-hybridized carbons (Fsp3) is 0.409. The molecule has 0 aromatic heterocycles. The fourth-order valence-electron chi connectivity index (χ4n) is 2.84. The SMILES string of the molecule is COC(=O)CCc1ccc(OCCCOc2cccc(C(O)(C(F)(F)F)C(F)(F)F)c2)cc1. The van der Waals surface area contributed by atoms with Crippen molar-refractivity contribution in [3.63, 3.8) is 0 Å². The van der Waals surface area contributed by atoms with Gasteiger partial charge in [-0.1, -0.05) is 24.3 Å². The van der Waals surface area contributed by atoms with E-state index in [1.165, 1.54) is 13.2 Å². The van der Waals surface area contributed by atoms with E-state index in [0.717, 1.165) is 11.6 Å². The lowest BCUT2D eigenvalue weighted by molar-refractivity contribution is -0.376. The minimum Gasteiger partial charge on any atom is -0.493 e. The standard InChI is InChI=1S/C22H22F6O5/c1-31-19(29)11-8-15-6-9-17(10-7-15)32-12-3-13-33-18-5-2-4-16(14-18)20(30,21(23,24)25)22(26,27)28/h2,4-7,9-10,14,30H,3,8,11-13H2,1H3. The molecule has 0 saturated heterocycles. The quantitative estimate of drug-likeness (QED) is 0.296. The molecular weight excluding hydrogens is 458 g/mol. The summed E-state index contributed by atoms with van der Waals surface area (Å²) in [5.41, 5.74) is -5.48. The zero-order chi connectivity index (χ0) is 24.7. The maximum Gasteiger partial charge on any atom is 0.430 e. The van der Waals surface area contributed by atoms with Crippen LogP contribution in [0.25, 0.3) is 0 Å². The predicted octanol–water partition coefficient (Wildman–Crippen LogP) is 4.95. The van der Waals surface area contributed by atoms with Crippen molar-refractivity contribution >= 4 is 5.97 Å². The van der Waals surface area contributed by atoms with Gasteiger partial charge in [0.15, 0.2) is 0 Å². The summed E-state index contributed by atoms with van der Waals surface area (Å²) in [6.45, 7) is 0.132. The third kappa shape index (κ3) is 6.77. The van der Waals surface area contributed by atoms with Crippen molar-refractivity contribution < 1.29 is 50.5 Å². The Morgan fingerprint density at radius 1 is 0.879 bits per heavy atom. The van der Waals surface area contributed by atoms with Gasteiger partial charge in [-0.05, 0) is 36.2 Å². The number of methoxy groups -OCH3 is 1. The van der Waals surface area contributed by atoms with Crippen LogP contribution in [0.3, 0.4) is 0 Å². The number of rotatable bonds is 10. The third-order valence-electron chi connectivity index (χ3n) is 4.67. The normalized spacial score (nSPS) is 12.4. The number of carbonyl (C=O) groups excluding carboxylic acids is 1. The molecule has 0 fully saturated rings. The molecule has 33 heavy (non-hydrogen) atoms. The maximum absolute atomic E-state index is 13.0. The van der Waals surface area contributed by atoms with E-state index in [4.69, 9.17) is 9.47 Å². The first-order valence-corrected chi connectivity index (χ1v) is 9.76. The first-order valence-electron chi connectivity index (χ1n) is 9.76. The van der Waals surface area contributed by atoms with Crippen molar-refractivity contribution in [3.8, 4) is 11.5 Å². The summed E-state index contributed by atoms with van der Waals surface area (Å²) in [5.74, 6) is -0.0315. The number of aliphatic hydroxyl groups is 1. The van der Waals surface area contributed by atoms with Crippen LogP contribution in [0.5, 0.6) is 11.5 Å². The van der Waals surface area contributed by atoms with Crippen LogP contribution in [-0.2, 0) is 21.6 Å². The van der Waals surface area contributed by atoms with E-state index in [0.29, 0.717) is 24.3 Å². The molecule has 1 N–H and O–H groups in total. The predicted molar refractivity (Wildman–Crippen MR) is 105 cm³/mol. The van der Waals surface area contributed by atoms with Crippen molar-refractivity contribution in [2.75, 3.05) is 20.3 Å². The van der Waals surface area contributed by atoms with Gasteiger partial charge in [-0.2, -0.15) is 26.3 Å².